The van der Waals surface area contributed by atoms with Gasteiger partial charge in [-0.05, 0) is 80.1 Å². The Morgan fingerprint density at radius 2 is 2.00 bits per heavy atom. The predicted octanol–water partition coefficient (Wildman–Crippen LogP) is 6.09. The summed E-state index contributed by atoms with van der Waals surface area (Å²) in [5, 5.41) is 1.93. The maximum absolute atomic E-state index is 12.2. The van der Waals surface area contributed by atoms with Gasteiger partial charge < -0.3 is 14.2 Å². The molecule has 1 aliphatic heterocycles. The highest BCUT2D eigenvalue weighted by Crippen LogP contribution is 2.30. The van der Waals surface area contributed by atoms with Gasteiger partial charge in [0.1, 0.15) is 5.60 Å². The van der Waals surface area contributed by atoms with Crippen molar-refractivity contribution in [2.24, 2.45) is 5.92 Å². The molecule has 3 rings (SSSR count). The van der Waals surface area contributed by atoms with Crippen LogP contribution in [0.2, 0.25) is 5.02 Å². The molecule has 0 saturated carbocycles. The van der Waals surface area contributed by atoms with E-state index in [2.05, 4.69) is 38.8 Å². The fourth-order valence-corrected chi connectivity index (χ4v) is 3.95. The van der Waals surface area contributed by atoms with E-state index >= 15 is 0 Å². The van der Waals surface area contributed by atoms with Crippen molar-refractivity contribution < 1.29 is 9.53 Å². The van der Waals surface area contributed by atoms with Gasteiger partial charge in [0, 0.05) is 41.2 Å². The normalized spacial score (nSPS) is 16.3. The van der Waals surface area contributed by atoms with Gasteiger partial charge in [0.2, 0.25) is 0 Å². The number of nitrogens with zero attached hydrogens (tertiary/aromatic N) is 2. The Kier molecular flexibility index (Phi) is 5.88. The van der Waals surface area contributed by atoms with Gasteiger partial charge in [0.05, 0.1) is 5.02 Å². The van der Waals surface area contributed by atoms with Gasteiger partial charge in [-0.15, -0.1) is 0 Å². The van der Waals surface area contributed by atoms with Gasteiger partial charge in [-0.25, -0.2) is 4.79 Å². The van der Waals surface area contributed by atoms with Crippen LogP contribution in [-0.4, -0.2) is 34.3 Å². The number of aromatic nitrogens is 1. The molecule has 1 aliphatic rings. The van der Waals surface area contributed by atoms with Crippen LogP contribution in [0.15, 0.2) is 28.9 Å². The Morgan fingerprint density at radius 3 is 2.65 bits per heavy atom. The Labute approximate surface area is 168 Å². The molecule has 4 nitrogen and oxygen atoms in total. The van der Waals surface area contributed by atoms with E-state index in [9.17, 15) is 4.79 Å². The number of amides is 1. The number of ether oxygens (including phenoxy) is 1. The van der Waals surface area contributed by atoms with Crippen molar-refractivity contribution in [2.75, 3.05) is 13.1 Å². The first kappa shape index (κ1) is 19.6. The van der Waals surface area contributed by atoms with Crippen LogP contribution < -0.4 is 0 Å². The number of aryl methyl sites for hydroxylation is 1. The number of hydrogen-bond acceptors (Lipinski definition) is 2. The molecule has 142 valence electrons. The number of benzene rings is 1. The largest absolute Gasteiger partial charge is 0.444 e. The molecule has 2 heterocycles. The zero-order chi connectivity index (χ0) is 18.9. The van der Waals surface area contributed by atoms with Gasteiger partial charge in [-0.3, -0.25) is 0 Å². The second-order valence-electron chi connectivity index (χ2n) is 8.03. The van der Waals surface area contributed by atoms with Gasteiger partial charge in [-0.2, -0.15) is 0 Å². The van der Waals surface area contributed by atoms with E-state index < -0.39 is 5.60 Å². The number of likely N-dealkylation sites (tertiary alicyclic amines) is 1. The van der Waals surface area contributed by atoms with Gasteiger partial charge >= 0.3 is 6.09 Å². The Morgan fingerprint density at radius 1 is 1.31 bits per heavy atom. The smallest absolute Gasteiger partial charge is 0.410 e. The summed E-state index contributed by atoms with van der Waals surface area (Å²) in [5.74, 6) is 0.636. The molecule has 26 heavy (non-hydrogen) atoms. The highest BCUT2D eigenvalue weighted by molar-refractivity contribution is 9.10. The Bertz CT molecular complexity index is 789. The molecule has 1 saturated heterocycles. The average Bonchev–Trinajstić information content (AvgIpc) is 2.94. The standard InChI is InChI=1S/C20H26BrClN2O2/c1-20(2,3)26-19(25)24-9-5-14(6-10-24)4-8-23-11-7-15-12-16(21)17(22)13-18(15)23/h7,11-14H,4-6,8-10H2,1-3H3. The maximum Gasteiger partial charge on any atom is 0.410 e. The van der Waals surface area contributed by atoms with Crippen molar-refractivity contribution >= 4 is 44.5 Å². The lowest BCUT2D eigenvalue weighted by Crippen LogP contribution is -2.41. The van der Waals surface area contributed by atoms with Crippen molar-refractivity contribution in [1.82, 2.24) is 9.47 Å². The molecule has 0 radical (unpaired) electrons. The van der Waals surface area contributed by atoms with Crippen LogP contribution in [-0.2, 0) is 11.3 Å². The molecule has 0 bridgehead atoms. The van der Waals surface area contributed by atoms with Crippen LogP contribution in [0.4, 0.5) is 4.79 Å². The number of rotatable bonds is 3. The molecule has 6 heteroatoms. The van der Waals surface area contributed by atoms with E-state index in [4.69, 9.17) is 16.3 Å². The third-order valence-corrected chi connectivity index (χ3v) is 6.05. The zero-order valence-electron chi connectivity index (χ0n) is 15.6. The Balaban J connectivity index is 1.53. The lowest BCUT2D eigenvalue weighted by molar-refractivity contribution is 0.0180. The number of carbonyl (C=O) groups is 1. The minimum Gasteiger partial charge on any atom is -0.444 e. The number of piperidine rings is 1. The summed E-state index contributed by atoms with van der Waals surface area (Å²) >= 11 is 9.73. The number of hydrogen-bond donors (Lipinski definition) is 0. The van der Waals surface area contributed by atoms with Crippen molar-refractivity contribution in [1.29, 1.82) is 0 Å². The molecule has 2 aromatic rings. The van der Waals surface area contributed by atoms with E-state index in [0.717, 1.165) is 48.4 Å². The second kappa shape index (κ2) is 7.81. The lowest BCUT2D eigenvalue weighted by Gasteiger charge is -2.33. The first-order valence-corrected chi connectivity index (χ1v) is 10.3. The molecule has 0 atom stereocenters. The molecule has 0 spiro atoms. The van der Waals surface area contributed by atoms with Crippen molar-refractivity contribution in [3.8, 4) is 0 Å². The summed E-state index contributed by atoms with van der Waals surface area (Å²) in [7, 11) is 0. The topological polar surface area (TPSA) is 34.5 Å². The molecule has 1 fully saturated rings. The second-order valence-corrected chi connectivity index (χ2v) is 9.30. The van der Waals surface area contributed by atoms with E-state index in [1.165, 1.54) is 10.9 Å². The molecule has 0 unspecified atom stereocenters. The molecular formula is C20H26BrClN2O2. The average molecular weight is 442 g/mol. The summed E-state index contributed by atoms with van der Waals surface area (Å²) in [5.41, 5.74) is 0.740. The quantitative estimate of drug-likeness (QED) is 0.577. The van der Waals surface area contributed by atoms with E-state index in [1.807, 2.05) is 31.7 Å². The van der Waals surface area contributed by atoms with Crippen LogP contribution in [0.5, 0.6) is 0 Å². The lowest BCUT2D eigenvalue weighted by atomic mass is 9.94. The summed E-state index contributed by atoms with van der Waals surface area (Å²) in [6.45, 7) is 8.26. The minimum atomic E-state index is -0.431. The maximum atomic E-state index is 12.2. The molecule has 1 aromatic carbocycles. The van der Waals surface area contributed by atoms with Crippen molar-refractivity contribution in [2.45, 2.75) is 52.2 Å². The Hall–Kier alpha value is -1.20. The SMILES string of the molecule is CC(C)(C)OC(=O)N1CCC(CCn2ccc3cc(Br)c(Cl)cc32)CC1. The number of halogens is 2. The fourth-order valence-electron chi connectivity index (χ4n) is 3.43. The molecule has 0 aliphatic carbocycles. The third-order valence-electron chi connectivity index (χ3n) is 4.86. The molecule has 1 aromatic heterocycles. The minimum absolute atomic E-state index is 0.187. The van der Waals surface area contributed by atoms with Crippen LogP contribution >= 0.6 is 27.5 Å². The summed E-state index contributed by atoms with van der Waals surface area (Å²) in [6.07, 6.45) is 5.12. The van der Waals surface area contributed by atoms with Crippen LogP contribution in [0.3, 0.4) is 0 Å². The number of fused-ring (bicyclic) bond motifs is 1. The van der Waals surface area contributed by atoms with Gasteiger partial charge in [0.15, 0.2) is 0 Å². The number of carbonyl (C=O) groups excluding carboxylic acids is 1. The van der Waals surface area contributed by atoms with Crippen LogP contribution in [0, 0.1) is 5.92 Å². The monoisotopic (exact) mass is 440 g/mol. The fraction of sp³-hybridized carbons (Fsp3) is 0.550. The van der Waals surface area contributed by atoms with Gasteiger partial charge in [-0.1, -0.05) is 11.6 Å². The highest BCUT2D eigenvalue weighted by Gasteiger charge is 2.26. The first-order chi connectivity index (χ1) is 12.2. The molecule has 1 amide bonds. The predicted molar refractivity (Wildman–Crippen MR) is 110 cm³/mol. The zero-order valence-corrected chi connectivity index (χ0v) is 17.9. The van der Waals surface area contributed by atoms with Crippen molar-refractivity contribution in [3.05, 3.63) is 33.9 Å². The summed E-state index contributed by atoms with van der Waals surface area (Å²) in [4.78, 5) is 14.0. The van der Waals surface area contributed by atoms with E-state index in [-0.39, 0.29) is 6.09 Å². The molecular weight excluding hydrogens is 416 g/mol. The van der Waals surface area contributed by atoms with E-state index in [0.29, 0.717) is 5.92 Å². The third kappa shape index (κ3) is 4.74. The van der Waals surface area contributed by atoms with Crippen LogP contribution in [0.1, 0.15) is 40.0 Å². The highest BCUT2D eigenvalue weighted by atomic mass is 79.9. The summed E-state index contributed by atoms with van der Waals surface area (Å²) < 4.78 is 8.67. The van der Waals surface area contributed by atoms with Crippen molar-refractivity contribution in [3.63, 3.8) is 0 Å². The molecule has 0 N–H and O–H groups in total. The van der Waals surface area contributed by atoms with E-state index in [1.54, 1.807) is 0 Å². The van der Waals surface area contributed by atoms with Gasteiger partial charge in [0.25, 0.3) is 0 Å². The summed E-state index contributed by atoms with van der Waals surface area (Å²) in [6, 6.07) is 6.21. The first-order valence-electron chi connectivity index (χ1n) is 9.15. The van der Waals surface area contributed by atoms with Crippen LogP contribution in [0.25, 0.3) is 10.9 Å².